The minimum absolute atomic E-state index is 0.0163. The summed E-state index contributed by atoms with van der Waals surface area (Å²) in [6, 6.07) is 12.3. The first-order valence-corrected chi connectivity index (χ1v) is 7.38. The second-order valence-electron chi connectivity index (χ2n) is 4.75. The van der Waals surface area contributed by atoms with Crippen LogP contribution in [-0.4, -0.2) is 17.1 Å². The van der Waals surface area contributed by atoms with Gasteiger partial charge in [-0.3, -0.25) is 0 Å². The maximum atomic E-state index is 9.42. The van der Waals surface area contributed by atoms with Crippen molar-refractivity contribution >= 4 is 27.9 Å². The summed E-state index contributed by atoms with van der Waals surface area (Å²) in [6.07, 6.45) is 1.77. The molecule has 2 aromatic heterocycles. The molecule has 3 nitrogen and oxygen atoms in total. The first kappa shape index (κ1) is 13.1. The van der Waals surface area contributed by atoms with E-state index in [4.69, 9.17) is 0 Å². The van der Waals surface area contributed by atoms with Gasteiger partial charge in [-0.25, -0.2) is 4.98 Å². The third kappa shape index (κ3) is 2.40. The SMILES string of the molecule is CN(Cc1cccs1)c1ncc(CO)c2ccccc12. The molecule has 3 rings (SSSR count). The standard InChI is InChI=1S/C16H16N2OS/c1-18(10-13-5-4-8-20-13)16-15-7-3-2-6-14(15)12(11-19)9-17-16/h2-9,19H,10-11H2,1H3. The lowest BCUT2D eigenvalue weighted by molar-refractivity contribution is 0.283. The van der Waals surface area contributed by atoms with Crippen LogP contribution in [0.4, 0.5) is 5.82 Å². The number of aliphatic hydroxyl groups is 1. The summed E-state index contributed by atoms with van der Waals surface area (Å²) in [5.41, 5.74) is 0.869. The van der Waals surface area contributed by atoms with E-state index in [1.165, 1.54) is 4.88 Å². The van der Waals surface area contributed by atoms with Crippen LogP contribution < -0.4 is 4.90 Å². The quantitative estimate of drug-likeness (QED) is 0.797. The number of aliphatic hydroxyl groups excluding tert-OH is 1. The maximum absolute atomic E-state index is 9.42. The van der Waals surface area contributed by atoms with Crippen LogP contribution in [-0.2, 0) is 13.2 Å². The van der Waals surface area contributed by atoms with Crippen molar-refractivity contribution in [1.29, 1.82) is 0 Å². The zero-order valence-corrected chi connectivity index (χ0v) is 12.1. The molecule has 1 aromatic carbocycles. The van der Waals surface area contributed by atoms with Gasteiger partial charge < -0.3 is 10.0 Å². The van der Waals surface area contributed by atoms with Gasteiger partial charge in [-0.2, -0.15) is 0 Å². The third-order valence-corrected chi connectivity index (χ3v) is 4.22. The molecule has 3 aromatic rings. The van der Waals surface area contributed by atoms with Crippen LogP contribution in [0.3, 0.4) is 0 Å². The second-order valence-corrected chi connectivity index (χ2v) is 5.78. The third-order valence-electron chi connectivity index (χ3n) is 3.36. The Kier molecular flexibility index (Phi) is 3.67. The van der Waals surface area contributed by atoms with Crippen molar-refractivity contribution in [3.8, 4) is 0 Å². The van der Waals surface area contributed by atoms with Crippen LogP contribution in [0.1, 0.15) is 10.4 Å². The number of thiophene rings is 1. The summed E-state index contributed by atoms with van der Waals surface area (Å²) < 4.78 is 0. The number of hydrogen-bond acceptors (Lipinski definition) is 4. The molecule has 0 aliphatic rings. The van der Waals surface area contributed by atoms with Crippen molar-refractivity contribution in [2.75, 3.05) is 11.9 Å². The minimum atomic E-state index is 0.0163. The number of aromatic nitrogens is 1. The van der Waals surface area contributed by atoms with E-state index < -0.39 is 0 Å². The van der Waals surface area contributed by atoms with E-state index in [1.807, 2.05) is 25.2 Å². The van der Waals surface area contributed by atoms with Gasteiger partial charge in [-0.1, -0.05) is 30.3 Å². The fraction of sp³-hybridized carbons (Fsp3) is 0.188. The lowest BCUT2D eigenvalue weighted by atomic mass is 10.1. The molecule has 0 unspecified atom stereocenters. The van der Waals surface area contributed by atoms with Gasteiger partial charge in [-0.05, 0) is 16.8 Å². The van der Waals surface area contributed by atoms with Gasteiger partial charge in [0.15, 0.2) is 0 Å². The lowest BCUT2D eigenvalue weighted by Gasteiger charge is -2.20. The number of anilines is 1. The van der Waals surface area contributed by atoms with Gasteiger partial charge in [0.2, 0.25) is 0 Å². The fourth-order valence-corrected chi connectivity index (χ4v) is 3.13. The Balaban J connectivity index is 2.03. The first-order chi connectivity index (χ1) is 9.79. The van der Waals surface area contributed by atoms with Crippen LogP contribution >= 0.6 is 11.3 Å². The van der Waals surface area contributed by atoms with E-state index in [0.717, 1.165) is 28.7 Å². The molecule has 0 aliphatic heterocycles. The molecule has 0 saturated carbocycles. The van der Waals surface area contributed by atoms with Gasteiger partial charge in [-0.15, -0.1) is 11.3 Å². The molecule has 20 heavy (non-hydrogen) atoms. The summed E-state index contributed by atoms with van der Waals surface area (Å²) in [5, 5.41) is 13.7. The summed E-state index contributed by atoms with van der Waals surface area (Å²) in [7, 11) is 2.05. The number of pyridine rings is 1. The molecule has 0 spiro atoms. The molecular formula is C16H16N2OS. The molecule has 1 N–H and O–H groups in total. The number of rotatable bonds is 4. The van der Waals surface area contributed by atoms with Gasteiger partial charge in [0.25, 0.3) is 0 Å². The molecular weight excluding hydrogens is 268 g/mol. The average Bonchev–Trinajstić information content (AvgIpc) is 2.99. The van der Waals surface area contributed by atoms with E-state index in [2.05, 4.69) is 33.5 Å². The zero-order chi connectivity index (χ0) is 13.9. The molecule has 0 fully saturated rings. The van der Waals surface area contributed by atoms with Crippen LogP contribution in [0.15, 0.2) is 48.0 Å². The molecule has 102 valence electrons. The van der Waals surface area contributed by atoms with Crippen molar-refractivity contribution < 1.29 is 5.11 Å². The molecule has 0 aliphatic carbocycles. The average molecular weight is 284 g/mol. The molecule has 4 heteroatoms. The lowest BCUT2D eigenvalue weighted by Crippen LogP contribution is -2.17. The number of hydrogen-bond donors (Lipinski definition) is 1. The fourth-order valence-electron chi connectivity index (χ4n) is 2.38. The Morgan fingerprint density at radius 3 is 2.65 bits per heavy atom. The number of fused-ring (bicyclic) bond motifs is 1. The molecule has 0 saturated heterocycles. The van der Waals surface area contributed by atoms with E-state index in [0.29, 0.717) is 0 Å². The van der Waals surface area contributed by atoms with Crippen molar-refractivity contribution in [2.45, 2.75) is 13.2 Å². The maximum Gasteiger partial charge on any atom is 0.136 e. The molecule has 0 radical (unpaired) electrons. The van der Waals surface area contributed by atoms with Crippen molar-refractivity contribution in [3.05, 3.63) is 58.4 Å². The summed E-state index contributed by atoms with van der Waals surface area (Å²) in [6.45, 7) is 0.857. The summed E-state index contributed by atoms with van der Waals surface area (Å²) >= 11 is 1.75. The highest BCUT2D eigenvalue weighted by Crippen LogP contribution is 2.27. The molecule has 2 heterocycles. The van der Waals surface area contributed by atoms with Crippen molar-refractivity contribution in [3.63, 3.8) is 0 Å². The normalized spacial score (nSPS) is 10.9. The van der Waals surface area contributed by atoms with E-state index >= 15 is 0 Å². The second kappa shape index (κ2) is 5.61. The van der Waals surface area contributed by atoms with E-state index in [-0.39, 0.29) is 6.61 Å². The topological polar surface area (TPSA) is 36.4 Å². The molecule has 0 atom stereocenters. The van der Waals surface area contributed by atoms with Gasteiger partial charge >= 0.3 is 0 Å². The van der Waals surface area contributed by atoms with Gasteiger partial charge in [0.1, 0.15) is 5.82 Å². The van der Waals surface area contributed by atoms with Crippen LogP contribution in [0.5, 0.6) is 0 Å². The summed E-state index contributed by atoms with van der Waals surface area (Å²) in [4.78, 5) is 7.99. The van der Waals surface area contributed by atoms with Crippen LogP contribution in [0.25, 0.3) is 10.8 Å². The van der Waals surface area contributed by atoms with Crippen LogP contribution in [0.2, 0.25) is 0 Å². The predicted octanol–water partition coefficient (Wildman–Crippen LogP) is 3.43. The Labute approximate surface area is 122 Å². The Hall–Kier alpha value is -1.91. The Morgan fingerprint density at radius 2 is 1.95 bits per heavy atom. The van der Waals surface area contributed by atoms with Crippen molar-refractivity contribution in [2.24, 2.45) is 0 Å². The smallest absolute Gasteiger partial charge is 0.136 e. The number of benzene rings is 1. The Morgan fingerprint density at radius 1 is 1.15 bits per heavy atom. The zero-order valence-electron chi connectivity index (χ0n) is 11.3. The van der Waals surface area contributed by atoms with E-state index in [9.17, 15) is 5.11 Å². The number of nitrogens with zero attached hydrogens (tertiary/aromatic N) is 2. The Bertz CT molecular complexity index is 710. The summed E-state index contributed by atoms with van der Waals surface area (Å²) in [5.74, 6) is 0.950. The highest BCUT2D eigenvalue weighted by atomic mass is 32.1. The van der Waals surface area contributed by atoms with E-state index in [1.54, 1.807) is 17.5 Å². The van der Waals surface area contributed by atoms with Crippen molar-refractivity contribution in [1.82, 2.24) is 4.98 Å². The largest absolute Gasteiger partial charge is 0.392 e. The first-order valence-electron chi connectivity index (χ1n) is 6.50. The highest BCUT2D eigenvalue weighted by Gasteiger charge is 2.11. The minimum Gasteiger partial charge on any atom is -0.392 e. The highest BCUT2D eigenvalue weighted by molar-refractivity contribution is 7.09. The predicted molar refractivity (Wildman–Crippen MR) is 84.1 cm³/mol. The monoisotopic (exact) mass is 284 g/mol. The molecule has 0 amide bonds. The van der Waals surface area contributed by atoms with Crippen LogP contribution in [0, 0.1) is 0 Å². The van der Waals surface area contributed by atoms with Gasteiger partial charge in [0.05, 0.1) is 13.2 Å². The van der Waals surface area contributed by atoms with Gasteiger partial charge in [0, 0.05) is 29.1 Å². The molecule has 0 bridgehead atoms.